The molecule has 98 valence electrons. The molecule has 0 fully saturated rings. The zero-order valence-electron chi connectivity index (χ0n) is 9.79. The number of nitrogens with zero attached hydrogens (tertiary/aromatic N) is 2. The molecule has 0 aliphatic heterocycles. The fourth-order valence-electron chi connectivity index (χ4n) is 1.26. The van der Waals surface area contributed by atoms with Crippen LogP contribution in [0.3, 0.4) is 0 Å². The second-order valence-corrected chi connectivity index (χ2v) is 4.56. The van der Waals surface area contributed by atoms with E-state index in [1.807, 2.05) is 30.3 Å². The lowest BCUT2D eigenvalue weighted by Crippen LogP contribution is -2.46. The van der Waals surface area contributed by atoms with Gasteiger partial charge in [-0.2, -0.15) is 0 Å². The van der Waals surface area contributed by atoms with Crippen LogP contribution < -0.4 is 16.2 Å². The van der Waals surface area contributed by atoms with Crippen molar-refractivity contribution in [2.75, 3.05) is 0 Å². The lowest BCUT2D eigenvalue weighted by Gasteiger charge is -2.10. The van der Waals surface area contributed by atoms with Gasteiger partial charge in [0.2, 0.25) is 0 Å². The molecule has 1 heterocycles. The Hall–Kier alpha value is -2.06. The number of hydrazine groups is 1. The zero-order valence-corrected chi connectivity index (χ0v) is 11.4. The number of thiocarbonyl (C=S) groups is 1. The second-order valence-electron chi connectivity index (χ2n) is 3.54. The first-order valence-corrected chi connectivity index (χ1v) is 6.65. The molecule has 1 aromatic heterocycles. The Morgan fingerprint density at radius 1 is 1.26 bits per heavy atom. The van der Waals surface area contributed by atoms with E-state index in [0.29, 0.717) is 11.7 Å². The molecule has 2 aromatic rings. The average molecular weight is 293 g/mol. The molecule has 0 aliphatic rings. The molecule has 0 saturated carbocycles. The van der Waals surface area contributed by atoms with Crippen LogP contribution in [-0.2, 0) is 6.54 Å². The maximum atomic E-state index is 11.5. The molecule has 8 heteroatoms. The van der Waals surface area contributed by atoms with E-state index in [-0.39, 0.29) is 11.6 Å². The standard InChI is InChI=1S/C11H11N5OS2/c17-10(9-7-19-16-13-9)14-15-11(18)12-6-8-4-2-1-3-5-8/h1-5,7H,6H2,(H,14,17)(H2,12,15,18). The van der Waals surface area contributed by atoms with E-state index >= 15 is 0 Å². The quantitative estimate of drug-likeness (QED) is 0.575. The molecule has 0 atom stereocenters. The molecule has 0 spiro atoms. The third-order valence-corrected chi connectivity index (χ3v) is 2.93. The van der Waals surface area contributed by atoms with Gasteiger partial charge in [-0.15, -0.1) is 5.10 Å². The fraction of sp³-hybridized carbons (Fsp3) is 0.0909. The van der Waals surface area contributed by atoms with E-state index in [1.54, 1.807) is 5.38 Å². The van der Waals surface area contributed by atoms with Crippen molar-refractivity contribution < 1.29 is 4.79 Å². The average Bonchev–Trinajstić information content (AvgIpc) is 2.98. The molecule has 1 aromatic carbocycles. The largest absolute Gasteiger partial charge is 0.357 e. The highest BCUT2D eigenvalue weighted by molar-refractivity contribution is 7.80. The van der Waals surface area contributed by atoms with Crippen LogP contribution in [0.4, 0.5) is 0 Å². The minimum atomic E-state index is -0.377. The number of amides is 1. The summed E-state index contributed by atoms with van der Waals surface area (Å²) in [5, 5.41) is 8.50. The van der Waals surface area contributed by atoms with Crippen LogP contribution >= 0.6 is 23.8 Å². The Kier molecular flexibility index (Phi) is 4.76. The van der Waals surface area contributed by atoms with E-state index in [9.17, 15) is 4.79 Å². The van der Waals surface area contributed by atoms with E-state index < -0.39 is 0 Å². The van der Waals surface area contributed by atoms with Crippen LogP contribution in [0.2, 0.25) is 0 Å². The molecular formula is C11H11N5OS2. The molecule has 1 amide bonds. The predicted octanol–water partition coefficient (Wildman–Crippen LogP) is 0.847. The van der Waals surface area contributed by atoms with Gasteiger partial charge >= 0.3 is 0 Å². The van der Waals surface area contributed by atoms with Gasteiger partial charge in [0.1, 0.15) is 0 Å². The summed E-state index contributed by atoms with van der Waals surface area (Å²) < 4.78 is 3.60. The van der Waals surface area contributed by atoms with E-state index in [0.717, 1.165) is 17.1 Å². The summed E-state index contributed by atoms with van der Waals surface area (Å²) in [5.74, 6) is -0.377. The molecule has 0 saturated heterocycles. The van der Waals surface area contributed by atoms with Crippen LogP contribution in [0, 0.1) is 0 Å². The molecular weight excluding hydrogens is 282 g/mol. The Labute approximate surface area is 119 Å². The van der Waals surface area contributed by atoms with Gasteiger partial charge in [0.15, 0.2) is 10.8 Å². The molecule has 3 N–H and O–H groups in total. The number of benzene rings is 1. The summed E-state index contributed by atoms with van der Waals surface area (Å²) in [6, 6.07) is 9.81. The van der Waals surface area contributed by atoms with E-state index in [4.69, 9.17) is 12.2 Å². The summed E-state index contributed by atoms with van der Waals surface area (Å²) in [6.45, 7) is 0.584. The van der Waals surface area contributed by atoms with E-state index in [2.05, 4.69) is 25.8 Å². The Morgan fingerprint density at radius 2 is 2.05 bits per heavy atom. The first kappa shape index (κ1) is 13.4. The maximum absolute atomic E-state index is 11.5. The normalized spacial score (nSPS) is 9.68. The Bertz CT molecular complexity index is 543. The second kappa shape index (κ2) is 6.76. The van der Waals surface area contributed by atoms with Crippen molar-refractivity contribution in [1.82, 2.24) is 25.8 Å². The van der Waals surface area contributed by atoms with Gasteiger partial charge < -0.3 is 5.32 Å². The smallest absolute Gasteiger partial charge is 0.291 e. The number of hydrogen-bond donors (Lipinski definition) is 3. The summed E-state index contributed by atoms with van der Waals surface area (Å²) in [7, 11) is 0. The van der Waals surface area contributed by atoms with Crippen LogP contribution in [0.5, 0.6) is 0 Å². The minimum Gasteiger partial charge on any atom is -0.357 e. The number of aromatic nitrogens is 2. The van der Waals surface area contributed by atoms with Gasteiger partial charge in [-0.25, -0.2) is 0 Å². The van der Waals surface area contributed by atoms with Crippen molar-refractivity contribution in [3.05, 3.63) is 47.0 Å². The van der Waals surface area contributed by atoms with Gasteiger partial charge in [-0.1, -0.05) is 34.8 Å². The topological polar surface area (TPSA) is 78.9 Å². The van der Waals surface area contributed by atoms with Gasteiger partial charge in [0.25, 0.3) is 5.91 Å². The summed E-state index contributed by atoms with van der Waals surface area (Å²) in [4.78, 5) is 11.5. The van der Waals surface area contributed by atoms with Crippen LogP contribution in [0.25, 0.3) is 0 Å². The maximum Gasteiger partial charge on any atom is 0.291 e. The summed E-state index contributed by atoms with van der Waals surface area (Å²) >= 11 is 6.14. The minimum absolute atomic E-state index is 0.253. The molecule has 0 aliphatic carbocycles. The van der Waals surface area contributed by atoms with Crippen LogP contribution in [0.15, 0.2) is 35.7 Å². The Morgan fingerprint density at radius 3 is 2.74 bits per heavy atom. The highest BCUT2D eigenvalue weighted by atomic mass is 32.1. The number of hydrogen-bond acceptors (Lipinski definition) is 5. The van der Waals surface area contributed by atoms with Crippen LogP contribution in [0.1, 0.15) is 16.1 Å². The third kappa shape index (κ3) is 4.27. The third-order valence-electron chi connectivity index (χ3n) is 2.18. The predicted molar refractivity (Wildman–Crippen MR) is 76.4 cm³/mol. The number of carbonyl (C=O) groups excluding carboxylic acids is 1. The van der Waals surface area contributed by atoms with Crippen molar-refractivity contribution >= 4 is 34.8 Å². The molecule has 0 unspecified atom stereocenters. The summed E-state index contributed by atoms with van der Waals surface area (Å²) in [5.41, 5.74) is 6.38. The molecule has 0 bridgehead atoms. The van der Waals surface area contributed by atoms with Crippen molar-refractivity contribution in [2.45, 2.75) is 6.54 Å². The van der Waals surface area contributed by atoms with Gasteiger partial charge in [0, 0.05) is 11.9 Å². The first-order valence-electron chi connectivity index (χ1n) is 5.41. The van der Waals surface area contributed by atoms with E-state index in [1.165, 1.54) is 0 Å². The number of carbonyl (C=O) groups is 1. The highest BCUT2D eigenvalue weighted by Crippen LogP contribution is 1.97. The van der Waals surface area contributed by atoms with Gasteiger partial charge in [0.05, 0.1) is 0 Å². The van der Waals surface area contributed by atoms with Gasteiger partial charge in [-0.05, 0) is 29.3 Å². The van der Waals surface area contributed by atoms with Crippen molar-refractivity contribution in [1.29, 1.82) is 0 Å². The molecule has 19 heavy (non-hydrogen) atoms. The van der Waals surface area contributed by atoms with Crippen molar-refractivity contribution in [3.63, 3.8) is 0 Å². The first-order chi connectivity index (χ1) is 9.25. The number of nitrogens with one attached hydrogen (secondary N) is 3. The van der Waals surface area contributed by atoms with Crippen LogP contribution in [-0.4, -0.2) is 20.6 Å². The molecule has 0 radical (unpaired) electrons. The Balaban J connectivity index is 1.72. The summed E-state index contributed by atoms with van der Waals surface area (Å²) in [6.07, 6.45) is 0. The molecule has 2 rings (SSSR count). The van der Waals surface area contributed by atoms with Gasteiger partial charge in [-0.3, -0.25) is 15.6 Å². The SMILES string of the molecule is O=C(NNC(=S)NCc1ccccc1)c1csnn1. The molecule has 6 nitrogen and oxygen atoms in total. The van der Waals surface area contributed by atoms with Crippen molar-refractivity contribution in [3.8, 4) is 0 Å². The lowest BCUT2D eigenvalue weighted by atomic mass is 10.2. The number of rotatable bonds is 3. The lowest BCUT2D eigenvalue weighted by molar-refractivity contribution is 0.0938. The monoisotopic (exact) mass is 293 g/mol. The highest BCUT2D eigenvalue weighted by Gasteiger charge is 2.08. The zero-order chi connectivity index (χ0) is 13.5. The fourth-order valence-corrected chi connectivity index (χ4v) is 1.82. The van der Waals surface area contributed by atoms with Crippen molar-refractivity contribution in [2.24, 2.45) is 0 Å².